The minimum atomic E-state index is -0.522. The van der Waals surface area contributed by atoms with Crippen molar-refractivity contribution in [1.29, 1.82) is 0 Å². The van der Waals surface area contributed by atoms with Crippen LogP contribution in [0.2, 0.25) is 0 Å². The number of nitro benzene ring substituents is 1. The number of hydrogen-bond donors (Lipinski definition) is 2. The number of anilines is 1. The van der Waals surface area contributed by atoms with Crippen molar-refractivity contribution in [3.05, 3.63) is 34.4 Å². The number of benzene rings is 1. The van der Waals surface area contributed by atoms with Crippen LogP contribution in [0.25, 0.3) is 0 Å². The topological polar surface area (TPSA) is 84.3 Å². The molecule has 0 fully saturated rings. The second kappa shape index (κ2) is 5.45. The molecule has 1 rings (SSSR count). The maximum absolute atomic E-state index is 11.2. The van der Waals surface area contributed by atoms with Crippen LogP contribution in [0.15, 0.2) is 24.3 Å². The molecule has 16 heavy (non-hydrogen) atoms. The Hall–Kier alpha value is -1.63. The Kier molecular flexibility index (Phi) is 4.24. The van der Waals surface area contributed by atoms with Crippen LogP contribution in [0.1, 0.15) is 6.92 Å². The number of nitrogens with zero attached hydrogens (tertiary/aromatic N) is 1. The summed E-state index contributed by atoms with van der Waals surface area (Å²) in [6.45, 7) is 1.65. The van der Waals surface area contributed by atoms with E-state index in [1.54, 1.807) is 19.1 Å². The van der Waals surface area contributed by atoms with E-state index in [9.17, 15) is 14.9 Å². The van der Waals surface area contributed by atoms with Gasteiger partial charge in [-0.1, -0.05) is 28.1 Å². The van der Waals surface area contributed by atoms with E-state index in [0.717, 1.165) is 0 Å². The lowest BCUT2D eigenvalue weighted by Crippen LogP contribution is -2.34. The summed E-state index contributed by atoms with van der Waals surface area (Å²) < 4.78 is 0. The molecule has 0 heterocycles. The summed E-state index contributed by atoms with van der Waals surface area (Å²) in [5.41, 5.74) is 5.01. The van der Waals surface area contributed by atoms with E-state index < -0.39 is 4.92 Å². The summed E-state index contributed by atoms with van der Waals surface area (Å²) in [5, 5.41) is 10.6. The molecule has 0 saturated carbocycles. The maximum atomic E-state index is 11.2. The highest BCUT2D eigenvalue weighted by molar-refractivity contribution is 9.10. The molecule has 1 atom stereocenters. The summed E-state index contributed by atoms with van der Waals surface area (Å²) >= 11 is 3.07. The van der Waals surface area contributed by atoms with Gasteiger partial charge in [-0.05, 0) is 13.0 Å². The van der Waals surface area contributed by atoms with Crippen LogP contribution in [0, 0.1) is 10.1 Å². The summed E-state index contributed by atoms with van der Waals surface area (Å²) in [7, 11) is 0. The molecule has 0 aliphatic rings. The Morgan fingerprint density at radius 1 is 1.50 bits per heavy atom. The van der Waals surface area contributed by atoms with E-state index >= 15 is 0 Å². The number of carbonyl (C=O) groups is 1. The molecule has 0 unspecified atom stereocenters. The van der Waals surface area contributed by atoms with Gasteiger partial charge in [-0.25, -0.2) is 0 Å². The third-order valence-corrected chi connectivity index (χ3v) is 2.20. The molecule has 1 aromatic rings. The number of carbonyl (C=O) groups excluding carboxylic acids is 1. The number of nitrogens with one attached hydrogen (secondary N) is 2. The zero-order chi connectivity index (χ0) is 12.1. The Balaban J connectivity index is 2.74. The van der Waals surface area contributed by atoms with Crippen molar-refractivity contribution in [3.63, 3.8) is 0 Å². The van der Waals surface area contributed by atoms with Gasteiger partial charge in [0.15, 0.2) is 0 Å². The molecule has 0 aromatic heterocycles. The van der Waals surface area contributed by atoms with Gasteiger partial charge in [-0.3, -0.25) is 25.8 Å². The number of amides is 1. The second-order valence-electron chi connectivity index (χ2n) is 3.00. The third-order valence-electron chi connectivity index (χ3n) is 1.78. The summed E-state index contributed by atoms with van der Waals surface area (Å²) in [6.07, 6.45) is 0. The SMILES string of the molecule is C[C@@H](Br)C(=O)NNc1ccccc1[N+](=O)[O-]. The molecule has 7 heteroatoms. The van der Waals surface area contributed by atoms with Gasteiger partial charge in [0.2, 0.25) is 0 Å². The molecule has 0 spiro atoms. The van der Waals surface area contributed by atoms with E-state index in [1.165, 1.54) is 12.1 Å². The normalized spacial score (nSPS) is 11.6. The Morgan fingerprint density at radius 2 is 2.12 bits per heavy atom. The summed E-state index contributed by atoms with van der Waals surface area (Å²) in [4.78, 5) is 21.0. The number of para-hydroxylation sites is 2. The average Bonchev–Trinajstić information content (AvgIpc) is 2.25. The van der Waals surface area contributed by atoms with Gasteiger partial charge in [-0.15, -0.1) is 0 Å². The van der Waals surface area contributed by atoms with E-state index in [4.69, 9.17) is 0 Å². The lowest BCUT2D eigenvalue weighted by molar-refractivity contribution is -0.384. The highest BCUT2D eigenvalue weighted by Crippen LogP contribution is 2.22. The average molecular weight is 288 g/mol. The van der Waals surface area contributed by atoms with E-state index in [-0.39, 0.29) is 22.1 Å². The Bertz CT molecular complexity index is 409. The molecule has 2 N–H and O–H groups in total. The number of halogens is 1. The molecule has 0 saturated heterocycles. The molecule has 0 bridgehead atoms. The largest absolute Gasteiger partial charge is 0.294 e. The van der Waals surface area contributed by atoms with Gasteiger partial charge in [0.1, 0.15) is 5.69 Å². The standard InChI is InChI=1S/C9H10BrN3O3/c1-6(10)9(14)12-11-7-4-2-3-5-8(7)13(15)16/h2-6,11H,1H3,(H,12,14)/t6-/m1/s1. The fraction of sp³-hybridized carbons (Fsp3) is 0.222. The van der Waals surface area contributed by atoms with Crippen molar-refractivity contribution in [2.45, 2.75) is 11.8 Å². The van der Waals surface area contributed by atoms with Gasteiger partial charge in [-0.2, -0.15) is 0 Å². The molecule has 0 aliphatic heterocycles. The fourth-order valence-corrected chi connectivity index (χ4v) is 1.08. The van der Waals surface area contributed by atoms with Crippen molar-refractivity contribution < 1.29 is 9.72 Å². The maximum Gasteiger partial charge on any atom is 0.294 e. The van der Waals surface area contributed by atoms with Gasteiger partial charge in [0, 0.05) is 6.07 Å². The number of hydrogen-bond acceptors (Lipinski definition) is 4. The third kappa shape index (κ3) is 3.20. The number of hydrazine groups is 1. The second-order valence-corrected chi connectivity index (χ2v) is 4.38. The van der Waals surface area contributed by atoms with E-state index in [1.807, 2.05) is 0 Å². The van der Waals surface area contributed by atoms with Crippen LogP contribution in [0.3, 0.4) is 0 Å². The van der Waals surface area contributed by atoms with Crippen molar-refractivity contribution >= 4 is 33.2 Å². The van der Waals surface area contributed by atoms with Crippen LogP contribution >= 0.6 is 15.9 Å². The summed E-state index contributed by atoms with van der Waals surface area (Å²) in [5.74, 6) is -0.307. The van der Waals surface area contributed by atoms with Crippen molar-refractivity contribution in [2.24, 2.45) is 0 Å². The first kappa shape index (κ1) is 12.4. The molecule has 86 valence electrons. The van der Waals surface area contributed by atoms with Gasteiger partial charge in [0.25, 0.3) is 11.6 Å². The highest BCUT2D eigenvalue weighted by atomic mass is 79.9. The lowest BCUT2D eigenvalue weighted by atomic mass is 10.3. The smallest absolute Gasteiger partial charge is 0.292 e. The first-order valence-corrected chi connectivity index (χ1v) is 5.37. The molecule has 6 nitrogen and oxygen atoms in total. The summed E-state index contributed by atoms with van der Waals surface area (Å²) in [6, 6.07) is 6.06. The molecular formula is C9H10BrN3O3. The van der Waals surface area contributed by atoms with Crippen LogP contribution < -0.4 is 10.9 Å². The van der Waals surface area contributed by atoms with Crippen molar-refractivity contribution in [1.82, 2.24) is 5.43 Å². The molecule has 1 amide bonds. The van der Waals surface area contributed by atoms with Gasteiger partial charge >= 0.3 is 0 Å². The quantitative estimate of drug-likeness (QED) is 0.503. The predicted molar refractivity (Wildman–Crippen MR) is 63.3 cm³/mol. The minimum Gasteiger partial charge on any atom is -0.292 e. The molecule has 0 aliphatic carbocycles. The van der Waals surface area contributed by atoms with Crippen LogP contribution in [0.5, 0.6) is 0 Å². The van der Waals surface area contributed by atoms with Crippen LogP contribution in [-0.4, -0.2) is 15.7 Å². The lowest BCUT2D eigenvalue weighted by Gasteiger charge is -2.09. The van der Waals surface area contributed by atoms with Crippen molar-refractivity contribution in [2.75, 3.05) is 5.43 Å². The van der Waals surface area contributed by atoms with Crippen LogP contribution in [0.4, 0.5) is 11.4 Å². The predicted octanol–water partition coefficient (Wildman–Crippen LogP) is 1.82. The molecular weight excluding hydrogens is 278 g/mol. The van der Waals surface area contributed by atoms with Gasteiger partial charge < -0.3 is 0 Å². The fourth-order valence-electron chi connectivity index (χ4n) is 0.967. The van der Waals surface area contributed by atoms with Crippen molar-refractivity contribution in [3.8, 4) is 0 Å². The first-order chi connectivity index (χ1) is 7.52. The Labute approximate surface area is 100 Å². The number of alkyl halides is 1. The Morgan fingerprint density at radius 3 is 2.69 bits per heavy atom. The zero-order valence-corrected chi connectivity index (χ0v) is 10.0. The van der Waals surface area contributed by atoms with Crippen LogP contribution in [-0.2, 0) is 4.79 Å². The van der Waals surface area contributed by atoms with E-state index in [2.05, 4.69) is 26.8 Å². The monoisotopic (exact) mass is 287 g/mol. The molecule has 0 radical (unpaired) electrons. The highest BCUT2D eigenvalue weighted by Gasteiger charge is 2.13. The number of rotatable bonds is 4. The zero-order valence-electron chi connectivity index (χ0n) is 8.44. The van der Waals surface area contributed by atoms with Gasteiger partial charge in [0.05, 0.1) is 9.75 Å². The molecule has 1 aromatic carbocycles. The minimum absolute atomic E-state index is 0.0926. The number of nitro groups is 1. The first-order valence-electron chi connectivity index (χ1n) is 4.45. The van der Waals surface area contributed by atoms with E-state index in [0.29, 0.717) is 0 Å².